The molecule has 146 valence electrons. The van der Waals surface area contributed by atoms with Crippen molar-refractivity contribution < 1.29 is 9.53 Å². The van der Waals surface area contributed by atoms with Gasteiger partial charge in [-0.05, 0) is 55.2 Å². The molecular weight excluding hydrogens is 395 g/mol. The van der Waals surface area contributed by atoms with Gasteiger partial charge in [0.1, 0.15) is 0 Å². The number of nitrogens with one attached hydrogen (secondary N) is 1. The van der Waals surface area contributed by atoms with Crippen LogP contribution in [0.15, 0.2) is 18.2 Å². The molecule has 26 heavy (non-hydrogen) atoms. The molecule has 3 rings (SSSR count). The predicted octanol–water partition coefficient (Wildman–Crippen LogP) is 4.20. The lowest BCUT2D eigenvalue weighted by atomic mass is 9.65. The van der Waals surface area contributed by atoms with Gasteiger partial charge in [-0.25, -0.2) is 0 Å². The average Bonchev–Trinajstić information content (AvgIpc) is 2.56. The van der Waals surface area contributed by atoms with Gasteiger partial charge >= 0.3 is 0 Å². The summed E-state index contributed by atoms with van der Waals surface area (Å²) in [6.07, 6.45) is 5.48. The zero-order chi connectivity index (χ0) is 17.8. The van der Waals surface area contributed by atoms with Gasteiger partial charge in [-0.3, -0.25) is 4.79 Å². The Kier molecular flexibility index (Phi) is 8.49. The van der Waals surface area contributed by atoms with E-state index < -0.39 is 0 Å². The van der Waals surface area contributed by atoms with Gasteiger partial charge in [-0.15, -0.1) is 12.4 Å². The van der Waals surface area contributed by atoms with E-state index in [0.717, 1.165) is 18.4 Å². The number of halogens is 3. The quantitative estimate of drug-likeness (QED) is 0.677. The van der Waals surface area contributed by atoms with Crippen LogP contribution in [0.3, 0.4) is 0 Å². The van der Waals surface area contributed by atoms with Gasteiger partial charge in [-0.1, -0.05) is 35.7 Å². The lowest BCUT2D eigenvalue weighted by Gasteiger charge is -2.43. The first-order valence-corrected chi connectivity index (χ1v) is 9.85. The molecule has 2 unspecified atom stereocenters. The zero-order valence-corrected chi connectivity index (χ0v) is 17.1. The third-order valence-electron chi connectivity index (χ3n) is 5.60. The van der Waals surface area contributed by atoms with E-state index in [-0.39, 0.29) is 24.2 Å². The number of fused-ring (bicyclic) bond motifs is 2. The number of amides is 1. The Balaban J connectivity index is 0.00000243. The number of benzene rings is 1. The molecule has 2 saturated carbocycles. The number of hydrogen-bond donors (Lipinski definition) is 2. The monoisotopic (exact) mass is 420 g/mol. The molecule has 0 heterocycles. The molecule has 3 N–H and O–H groups in total. The Morgan fingerprint density at radius 1 is 1.23 bits per heavy atom. The molecule has 2 bridgehead atoms. The summed E-state index contributed by atoms with van der Waals surface area (Å²) >= 11 is 12.0. The second kappa shape index (κ2) is 10.1. The second-order valence-electron chi connectivity index (χ2n) is 7.28. The van der Waals surface area contributed by atoms with Crippen LogP contribution in [0.4, 0.5) is 0 Å². The molecule has 1 aromatic carbocycles. The van der Waals surface area contributed by atoms with Crippen molar-refractivity contribution in [3.05, 3.63) is 33.8 Å². The van der Waals surface area contributed by atoms with Crippen LogP contribution in [0.25, 0.3) is 0 Å². The SMILES string of the molecule is Cl.NC1C2CCCC1CC(C(=O)NCCOCc1ccc(Cl)cc1Cl)C2. The summed E-state index contributed by atoms with van der Waals surface area (Å²) in [5.41, 5.74) is 7.19. The van der Waals surface area contributed by atoms with Crippen LogP contribution in [-0.2, 0) is 16.1 Å². The highest BCUT2D eigenvalue weighted by molar-refractivity contribution is 6.35. The van der Waals surface area contributed by atoms with Gasteiger partial charge in [0.05, 0.1) is 13.2 Å². The smallest absolute Gasteiger partial charge is 0.223 e. The highest BCUT2D eigenvalue weighted by Crippen LogP contribution is 2.41. The van der Waals surface area contributed by atoms with E-state index in [0.29, 0.717) is 47.7 Å². The summed E-state index contributed by atoms with van der Waals surface area (Å²) in [7, 11) is 0. The van der Waals surface area contributed by atoms with Crippen molar-refractivity contribution >= 4 is 41.5 Å². The first-order valence-electron chi connectivity index (χ1n) is 9.09. The number of ether oxygens (including phenoxy) is 1. The molecule has 1 aromatic rings. The van der Waals surface area contributed by atoms with Gasteiger partial charge < -0.3 is 15.8 Å². The second-order valence-corrected chi connectivity index (χ2v) is 8.12. The van der Waals surface area contributed by atoms with Crippen molar-refractivity contribution in [2.75, 3.05) is 13.2 Å². The maximum atomic E-state index is 12.4. The number of carbonyl (C=O) groups excluding carboxylic acids is 1. The van der Waals surface area contributed by atoms with Crippen LogP contribution in [0.5, 0.6) is 0 Å². The molecule has 2 atom stereocenters. The Morgan fingerprint density at radius 2 is 1.92 bits per heavy atom. The average molecular weight is 422 g/mol. The largest absolute Gasteiger partial charge is 0.375 e. The third kappa shape index (κ3) is 5.49. The van der Waals surface area contributed by atoms with Crippen LogP contribution >= 0.6 is 35.6 Å². The van der Waals surface area contributed by atoms with E-state index in [1.807, 2.05) is 6.07 Å². The van der Waals surface area contributed by atoms with Crippen LogP contribution in [0.1, 0.15) is 37.7 Å². The van der Waals surface area contributed by atoms with Crippen molar-refractivity contribution in [3.8, 4) is 0 Å². The lowest BCUT2D eigenvalue weighted by Crippen LogP contribution is -2.49. The standard InChI is InChI=1S/C19H26Cl2N2O2.ClH/c20-16-5-4-14(17(21)10-16)11-25-7-6-23-19(24)15-8-12-2-1-3-13(9-15)18(12)22;/h4-5,10,12-13,15,18H,1-3,6-9,11,22H2,(H,23,24);1H. The lowest BCUT2D eigenvalue weighted by molar-refractivity contribution is -0.128. The fraction of sp³-hybridized carbons (Fsp3) is 0.632. The number of carbonyl (C=O) groups is 1. The Morgan fingerprint density at radius 3 is 2.58 bits per heavy atom. The van der Waals surface area contributed by atoms with Crippen LogP contribution in [-0.4, -0.2) is 25.1 Å². The minimum Gasteiger partial charge on any atom is -0.375 e. The fourth-order valence-corrected chi connectivity index (χ4v) is 4.68. The van der Waals surface area contributed by atoms with Crippen molar-refractivity contribution in [2.45, 2.75) is 44.8 Å². The Hall–Kier alpha value is -0.520. The molecule has 0 aliphatic heterocycles. The third-order valence-corrected chi connectivity index (χ3v) is 6.19. The van der Waals surface area contributed by atoms with Gasteiger partial charge in [0.2, 0.25) is 5.91 Å². The van der Waals surface area contributed by atoms with Gasteiger partial charge in [0, 0.05) is 28.5 Å². The topological polar surface area (TPSA) is 64.4 Å². The van der Waals surface area contributed by atoms with E-state index >= 15 is 0 Å². The van der Waals surface area contributed by atoms with E-state index in [1.54, 1.807) is 12.1 Å². The summed E-state index contributed by atoms with van der Waals surface area (Å²) in [4.78, 5) is 12.4. The molecule has 2 fully saturated rings. The molecule has 7 heteroatoms. The minimum atomic E-state index is 0. The first-order chi connectivity index (χ1) is 12.0. The van der Waals surface area contributed by atoms with E-state index in [9.17, 15) is 4.79 Å². The summed E-state index contributed by atoms with van der Waals surface area (Å²) < 4.78 is 5.61. The summed E-state index contributed by atoms with van der Waals surface area (Å²) in [5.74, 6) is 1.30. The van der Waals surface area contributed by atoms with Gasteiger partial charge in [-0.2, -0.15) is 0 Å². The molecule has 2 aliphatic carbocycles. The molecular formula is C19H27Cl3N2O2. The Bertz CT molecular complexity index is 600. The predicted molar refractivity (Wildman–Crippen MR) is 108 cm³/mol. The van der Waals surface area contributed by atoms with E-state index in [4.69, 9.17) is 33.7 Å². The molecule has 0 aromatic heterocycles. The molecule has 0 saturated heterocycles. The molecule has 4 nitrogen and oxygen atoms in total. The highest BCUT2D eigenvalue weighted by Gasteiger charge is 2.40. The van der Waals surface area contributed by atoms with Crippen molar-refractivity contribution in [1.29, 1.82) is 0 Å². The summed E-state index contributed by atoms with van der Waals surface area (Å²) in [6.45, 7) is 1.39. The molecule has 0 spiro atoms. The van der Waals surface area contributed by atoms with Crippen molar-refractivity contribution in [1.82, 2.24) is 5.32 Å². The van der Waals surface area contributed by atoms with E-state index in [1.165, 1.54) is 19.3 Å². The molecule has 0 radical (unpaired) electrons. The van der Waals surface area contributed by atoms with Crippen molar-refractivity contribution in [2.24, 2.45) is 23.5 Å². The molecule has 2 aliphatic rings. The molecule has 1 amide bonds. The normalized spacial score (nSPS) is 27.5. The van der Waals surface area contributed by atoms with Crippen LogP contribution < -0.4 is 11.1 Å². The van der Waals surface area contributed by atoms with Gasteiger partial charge in [0.15, 0.2) is 0 Å². The highest BCUT2D eigenvalue weighted by atomic mass is 35.5. The Labute approximate surface area is 171 Å². The maximum absolute atomic E-state index is 12.4. The van der Waals surface area contributed by atoms with Crippen LogP contribution in [0.2, 0.25) is 10.0 Å². The minimum absolute atomic E-state index is 0. The first kappa shape index (κ1) is 21.8. The fourth-order valence-electron chi connectivity index (χ4n) is 4.21. The number of hydrogen-bond acceptors (Lipinski definition) is 3. The summed E-state index contributed by atoms with van der Waals surface area (Å²) in [5, 5.41) is 4.22. The van der Waals surface area contributed by atoms with Gasteiger partial charge in [0.25, 0.3) is 0 Å². The van der Waals surface area contributed by atoms with Crippen molar-refractivity contribution in [3.63, 3.8) is 0 Å². The number of nitrogens with two attached hydrogens (primary N) is 1. The van der Waals surface area contributed by atoms with E-state index in [2.05, 4.69) is 5.32 Å². The summed E-state index contributed by atoms with van der Waals surface area (Å²) in [6, 6.07) is 5.64. The maximum Gasteiger partial charge on any atom is 0.223 e. The van der Waals surface area contributed by atoms with Crippen LogP contribution in [0, 0.1) is 17.8 Å². The number of rotatable bonds is 6. The zero-order valence-electron chi connectivity index (χ0n) is 14.8.